The Morgan fingerprint density at radius 2 is 2.17 bits per heavy atom. The van der Waals surface area contributed by atoms with Crippen LogP contribution in [0.3, 0.4) is 0 Å². The highest BCUT2D eigenvalue weighted by Crippen LogP contribution is 2.23. The molecule has 1 heterocycles. The molecule has 6 heteroatoms. The smallest absolute Gasteiger partial charge is 0.224 e. The average molecular weight is 317 g/mol. The summed E-state index contributed by atoms with van der Waals surface area (Å²) in [6.45, 7) is 2.75. The largest absolute Gasteiger partial charge is 0.439 e. The van der Waals surface area contributed by atoms with Gasteiger partial charge in [0.25, 0.3) is 0 Å². The lowest BCUT2D eigenvalue weighted by Crippen LogP contribution is -2.34. The van der Waals surface area contributed by atoms with E-state index in [0.717, 1.165) is 5.56 Å². The summed E-state index contributed by atoms with van der Waals surface area (Å²) in [6.07, 6.45) is 1.59. The number of rotatable bonds is 7. The molecule has 2 aromatic rings. The van der Waals surface area contributed by atoms with Crippen LogP contribution in [0.4, 0.5) is 4.39 Å². The molecule has 0 aliphatic rings. The van der Waals surface area contributed by atoms with Gasteiger partial charge >= 0.3 is 0 Å². The minimum Gasteiger partial charge on any atom is -0.439 e. The molecule has 1 atom stereocenters. The van der Waals surface area contributed by atoms with Gasteiger partial charge in [0.15, 0.2) is 0 Å². The maximum absolute atomic E-state index is 13.2. The van der Waals surface area contributed by atoms with Gasteiger partial charge < -0.3 is 15.4 Å². The van der Waals surface area contributed by atoms with E-state index in [9.17, 15) is 9.18 Å². The zero-order valence-electron chi connectivity index (χ0n) is 13.2. The van der Waals surface area contributed by atoms with Crippen LogP contribution in [0.5, 0.6) is 11.6 Å². The van der Waals surface area contributed by atoms with Gasteiger partial charge in [0.2, 0.25) is 11.8 Å². The second-order valence-corrected chi connectivity index (χ2v) is 5.20. The molecule has 23 heavy (non-hydrogen) atoms. The molecule has 2 rings (SSSR count). The summed E-state index contributed by atoms with van der Waals surface area (Å²) in [4.78, 5) is 16.1. The maximum Gasteiger partial charge on any atom is 0.224 e. The zero-order chi connectivity index (χ0) is 16.7. The van der Waals surface area contributed by atoms with Crippen LogP contribution in [0.1, 0.15) is 12.5 Å². The highest BCUT2D eigenvalue weighted by Gasteiger charge is 2.13. The second-order valence-electron chi connectivity index (χ2n) is 5.20. The van der Waals surface area contributed by atoms with Crippen LogP contribution in [0.15, 0.2) is 42.6 Å². The first-order valence-electron chi connectivity index (χ1n) is 7.39. The Hall–Kier alpha value is -2.47. The van der Waals surface area contributed by atoms with Crippen molar-refractivity contribution < 1.29 is 13.9 Å². The van der Waals surface area contributed by atoms with Crippen LogP contribution in [0.2, 0.25) is 0 Å². The zero-order valence-corrected chi connectivity index (χ0v) is 13.2. The Morgan fingerprint density at radius 1 is 1.35 bits per heavy atom. The lowest BCUT2D eigenvalue weighted by Gasteiger charge is -2.13. The highest BCUT2D eigenvalue weighted by atomic mass is 19.1. The van der Waals surface area contributed by atoms with Crippen molar-refractivity contribution in [2.45, 2.75) is 13.5 Å². The third-order valence-electron chi connectivity index (χ3n) is 3.27. The molecule has 1 aromatic carbocycles. The fourth-order valence-corrected chi connectivity index (χ4v) is 2.05. The van der Waals surface area contributed by atoms with Crippen LogP contribution in [0.25, 0.3) is 0 Å². The van der Waals surface area contributed by atoms with Crippen LogP contribution in [-0.2, 0) is 11.3 Å². The molecule has 0 bridgehead atoms. The Balaban J connectivity index is 2.04. The lowest BCUT2D eigenvalue weighted by molar-refractivity contribution is -0.124. The van der Waals surface area contributed by atoms with Gasteiger partial charge in [-0.25, -0.2) is 9.37 Å². The molecule has 0 saturated carbocycles. The summed E-state index contributed by atoms with van der Waals surface area (Å²) in [6, 6.07) is 9.41. The van der Waals surface area contributed by atoms with E-state index in [1.54, 1.807) is 31.4 Å². The molecular formula is C17H20FN3O2. The van der Waals surface area contributed by atoms with E-state index in [-0.39, 0.29) is 17.6 Å². The fourth-order valence-electron chi connectivity index (χ4n) is 2.05. The van der Waals surface area contributed by atoms with Crippen molar-refractivity contribution in [3.05, 3.63) is 54.0 Å². The predicted molar refractivity (Wildman–Crippen MR) is 85.6 cm³/mol. The Kier molecular flexibility index (Phi) is 6.05. The number of ether oxygens (including phenoxy) is 1. The van der Waals surface area contributed by atoms with E-state index in [1.165, 1.54) is 12.1 Å². The van der Waals surface area contributed by atoms with Crippen LogP contribution in [0, 0.1) is 11.7 Å². The summed E-state index contributed by atoms with van der Waals surface area (Å²) < 4.78 is 18.8. The third-order valence-corrected chi connectivity index (χ3v) is 3.27. The number of amides is 1. The highest BCUT2D eigenvalue weighted by molar-refractivity contribution is 5.78. The van der Waals surface area contributed by atoms with Crippen molar-refractivity contribution in [1.29, 1.82) is 0 Å². The fraction of sp³-hybridized carbons (Fsp3) is 0.294. The van der Waals surface area contributed by atoms with Crippen LogP contribution < -0.4 is 15.4 Å². The maximum atomic E-state index is 13.2. The first-order valence-corrected chi connectivity index (χ1v) is 7.39. The Morgan fingerprint density at radius 3 is 2.91 bits per heavy atom. The molecule has 5 nitrogen and oxygen atoms in total. The van der Waals surface area contributed by atoms with Gasteiger partial charge in [-0.3, -0.25) is 4.79 Å². The molecule has 0 aliphatic heterocycles. The normalized spacial score (nSPS) is 11.8. The molecule has 1 amide bonds. The molecular weight excluding hydrogens is 297 g/mol. The van der Waals surface area contributed by atoms with E-state index in [4.69, 9.17) is 4.74 Å². The van der Waals surface area contributed by atoms with E-state index < -0.39 is 0 Å². The summed E-state index contributed by atoms with van der Waals surface area (Å²) in [7, 11) is 1.80. The minimum atomic E-state index is -0.380. The number of hydrogen-bond acceptors (Lipinski definition) is 4. The average Bonchev–Trinajstić information content (AvgIpc) is 2.54. The quantitative estimate of drug-likeness (QED) is 0.823. The van der Waals surface area contributed by atoms with Gasteiger partial charge in [-0.05, 0) is 25.2 Å². The van der Waals surface area contributed by atoms with E-state index in [1.807, 2.05) is 13.0 Å². The van der Waals surface area contributed by atoms with Crippen molar-refractivity contribution >= 4 is 5.91 Å². The molecule has 1 unspecified atom stereocenters. The van der Waals surface area contributed by atoms with E-state index in [2.05, 4.69) is 15.6 Å². The van der Waals surface area contributed by atoms with Gasteiger partial charge in [0.05, 0.1) is 0 Å². The summed E-state index contributed by atoms with van der Waals surface area (Å²) >= 11 is 0. The van der Waals surface area contributed by atoms with Crippen molar-refractivity contribution in [2.24, 2.45) is 5.92 Å². The second kappa shape index (κ2) is 8.24. The number of nitrogens with zero attached hydrogens (tertiary/aromatic N) is 1. The number of nitrogens with one attached hydrogen (secondary N) is 2. The summed E-state index contributed by atoms with van der Waals surface area (Å²) in [5, 5.41) is 5.81. The standard InChI is InChI=1S/C17H20FN3O2/c1-12(10-19-2)16(22)21-11-13-5-4-8-20-17(13)23-15-7-3-6-14(18)9-15/h3-9,12,19H,10-11H2,1-2H3,(H,21,22). The van der Waals surface area contributed by atoms with E-state index in [0.29, 0.717) is 24.7 Å². The number of benzene rings is 1. The van der Waals surface area contributed by atoms with Crippen molar-refractivity contribution in [3.63, 3.8) is 0 Å². The number of halogens is 1. The lowest BCUT2D eigenvalue weighted by atomic mass is 10.1. The van der Waals surface area contributed by atoms with Gasteiger partial charge in [-0.1, -0.05) is 19.1 Å². The first kappa shape index (κ1) is 16.9. The first-order chi connectivity index (χ1) is 11.1. The number of carbonyl (C=O) groups excluding carboxylic acids is 1. The number of hydrogen-bond donors (Lipinski definition) is 2. The molecule has 2 N–H and O–H groups in total. The van der Waals surface area contributed by atoms with Crippen molar-refractivity contribution in [3.8, 4) is 11.6 Å². The molecule has 0 spiro atoms. The molecule has 0 fully saturated rings. The Bertz CT molecular complexity index is 664. The monoisotopic (exact) mass is 317 g/mol. The molecule has 0 radical (unpaired) electrons. The molecule has 0 saturated heterocycles. The summed E-state index contributed by atoms with van der Waals surface area (Å²) in [5.41, 5.74) is 0.724. The van der Waals surface area contributed by atoms with Crippen LogP contribution in [-0.4, -0.2) is 24.5 Å². The Labute approximate surface area is 134 Å². The number of carbonyl (C=O) groups is 1. The van der Waals surface area contributed by atoms with Gasteiger partial charge in [0, 0.05) is 36.8 Å². The molecule has 1 aromatic heterocycles. The van der Waals surface area contributed by atoms with Crippen LogP contribution >= 0.6 is 0 Å². The van der Waals surface area contributed by atoms with Crippen molar-refractivity contribution in [2.75, 3.05) is 13.6 Å². The van der Waals surface area contributed by atoms with Gasteiger partial charge in [0.1, 0.15) is 11.6 Å². The SMILES string of the molecule is CNCC(C)C(=O)NCc1cccnc1Oc1cccc(F)c1. The third kappa shape index (κ3) is 5.03. The van der Waals surface area contributed by atoms with Gasteiger partial charge in [-0.15, -0.1) is 0 Å². The van der Waals surface area contributed by atoms with Gasteiger partial charge in [-0.2, -0.15) is 0 Å². The number of pyridine rings is 1. The molecule has 0 aliphatic carbocycles. The predicted octanol–water partition coefficient (Wildman–Crippen LogP) is 2.48. The minimum absolute atomic E-state index is 0.0556. The topological polar surface area (TPSA) is 63.2 Å². The van der Waals surface area contributed by atoms with Crippen molar-refractivity contribution in [1.82, 2.24) is 15.6 Å². The molecule has 122 valence electrons. The van der Waals surface area contributed by atoms with E-state index >= 15 is 0 Å². The summed E-state index contributed by atoms with van der Waals surface area (Å²) in [5.74, 6) is 0.137. The number of aromatic nitrogens is 1.